The Morgan fingerprint density at radius 1 is 1.39 bits per heavy atom. The second-order valence-corrected chi connectivity index (χ2v) is 5.84. The van der Waals surface area contributed by atoms with E-state index >= 15 is 0 Å². The second kappa shape index (κ2) is 6.27. The molecular formula is C13H20N2O2S. The van der Waals surface area contributed by atoms with Crippen molar-refractivity contribution in [1.29, 1.82) is 0 Å². The van der Waals surface area contributed by atoms with Gasteiger partial charge >= 0.3 is 0 Å². The molecule has 1 unspecified atom stereocenters. The van der Waals surface area contributed by atoms with Crippen LogP contribution in [0.15, 0.2) is 12.7 Å². The Bertz CT molecular complexity index is 340. The van der Waals surface area contributed by atoms with E-state index in [4.69, 9.17) is 0 Å². The monoisotopic (exact) mass is 268 g/mol. The lowest BCUT2D eigenvalue weighted by Crippen LogP contribution is -2.48. The van der Waals surface area contributed by atoms with Crippen molar-refractivity contribution in [2.24, 2.45) is 5.92 Å². The Kier molecular flexibility index (Phi) is 4.69. The number of carbonyl (C=O) groups excluding carboxylic acids is 2. The van der Waals surface area contributed by atoms with E-state index in [0.717, 1.165) is 25.7 Å². The fourth-order valence-electron chi connectivity index (χ4n) is 2.57. The van der Waals surface area contributed by atoms with E-state index in [1.54, 1.807) is 22.7 Å². The molecule has 2 fully saturated rings. The number of thioether (sulfide) groups is 1. The molecule has 0 spiro atoms. The van der Waals surface area contributed by atoms with Crippen LogP contribution in [0.3, 0.4) is 0 Å². The fourth-order valence-corrected chi connectivity index (χ4v) is 3.74. The van der Waals surface area contributed by atoms with Gasteiger partial charge in [0.15, 0.2) is 0 Å². The topological polar surface area (TPSA) is 49.4 Å². The van der Waals surface area contributed by atoms with Crippen molar-refractivity contribution >= 4 is 23.6 Å². The minimum Gasteiger partial charge on any atom is -0.351 e. The van der Waals surface area contributed by atoms with Crippen molar-refractivity contribution in [2.45, 2.75) is 31.7 Å². The number of nitrogens with one attached hydrogen (secondary N) is 1. The number of nitrogens with zero attached hydrogens (tertiary/aromatic N) is 1. The van der Waals surface area contributed by atoms with E-state index < -0.39 is 0 Å². The summed E-state index contributed by atoms with van der Waals surface area (Å²) in [4.78, 5) is 26.1. The first kappa shape index (κ1) is 13.5. The summed E-state index contributed by atoms with van der Waals surface area (Å²) in [7, 11) is 0. The lowest BCUT2D eigenvalue weighted by molar-refractivity contribution is -0.140. The van der Waals surface area contributed by atoms with Crippen molar-refractivity contribution < 1.29 is 9.59 Å². The zero-order valence-electron chi connectivity index (χ0n) is 10.6. The van der Waals surface area contributed by atoms with E-state index in [0.29, 0.717) is 18.2 Å². The Labute approximate surface area is 112 Å². The van der Waals surface area contributed by atoms with E-state index in [-0.39, 0.29) is 23.8 Å². The van der Waals surface area contributed by atoms with Gasteiger partial charge in [0.25, 0.3) is 0 Å². The van der Waals surface area contributed by atoms with Gasteiger partial charge in [-0.15, -0.1) is 18.3 Å². The van der Waals surface area contributed by atoms with Gasteiger partial charge in [-0.1, -0.05) is 18.9 Å². The Morgan fingerprint density at radius 2 is 2.11 bits per heavy atom. The molecule has 1 saturated carbocycles. The third kappa shape index (κ3) is 2.88. The minimum absolute atomic E-state index is 0.0498. The molecule has 1 N–H and O–H groups in total. The van der Waals surface area contributed by atoms with Crippen LogP contribution in [0.5, 0.6) is 0 Å². The minimum atomic E-state index is -0.289. The summed E-state index contributed by atoms with van der Waals surface area (Å²) in [6, 6.07) is -0.289. The molecule has 2 rings (SSSR count). The van der Waals surface area contributed by atoms with Crippen LogP contribution >= 0.6 is 11.8 Å². The van der Waals surface area contributed by atoms with Crippen LogP contribution in [-0.2, 0) is 9.59 Å². The van der Waals surface area contributed by atoms with Gasteiger partial charge in [0, 0.05) is 18.2 Å². The van der Waals surface area contributed by atoms with Gasteiger partial charge in [0.05, 0.1) is 5.88 Å². The summed E-state index contributed by atoms with van der Waals surface area (Å²) in [6.45, 7) is 4.04. The van der Waals surface area contributed by atoms with Crippen molar-refractivity contribution in [2.75, 3.05) is 18.2 Å². The zero-order valence-corrected chi connectivity index (χ0v) is 11.4. The molecule has 1 saturated heterocycles. The molecule has 0 bridgehead atoms. The zero-order chi connectivity index (χ0) is 13.0. The third-order valence-electron chi connectivity index (χ3n) is 3.59. The molecule has 5 heteroatoms. The lowest BCUT2D eigenvalue weighted by atomic mass is 10.1. The summed E-state index contributed by atoms with van der Waals surface area (Å²) in [6.07, 6.45) is 5.92. The van der Waals surface area contributed by atoms with Crippen LogP contribution < -0.4 is 5.32 Å². The summed E-state index contributed by atoms with van der Waals surface area (Å²) in [5, 5.41) is 2.79. The lowest BCUT2D eigenvalue weighted by Gasteiger charge is -2.25. The maximum absolute atomic E-state index is 12.3. The molecule has 0 aromatic carbocycles. The number of rotatable bonds is 4. The van der Waals surface area contributed by atoms with Gasteiger partial charge in [-0.3, -0.25) is 9.59 Å². The number of amides is 2. The molecule has 1 heterocycles. The predicted octanol–water partition coefficient (Wildman–Crippen LogP) is 1.38. The molecule has 2 amide bonds. The second-order valence-electron chi connectivity index (χ2n) is 4.84. The van der Waals surface area contributed by atoms with Crippen molar-refractivity contribution in [3.63, 3.8) is 0 Å². The highest BCUT2D eigenvalue weighted by molar-refractivity contribution is 7.99. The number of carbonyl (C=O) groups is 2. The smallest absolute Gasteiger partial charge is 0.243 e. The molecule has 100 valence electrons. The molecule has 0 aromatic heterocycles. The first-order chi connectivity index (χ1) is 8.74. The van der Waals surface area contributed by atoms with Crippen molar-refractivity contribution in [3.05, 3.63) is 12.7 Å². The first-order valence-electron chi connectivity index (χ1n) is 6.51. The van der Waals surface area contributed by atoms with Crippen molar-refractivity contribution in [3.8, 4) is 0 Å². The number of hydrogen-bond donors (Lipinski definition) is 1. The van der Waals surface area contributed by atoms with Crippen LogP contribution in [0.2, 0.25) is 0 Å². The van der Waals surface area contributed by atoms with Crippen molar-refractivity contribution in [1.82, 2.24) is 10.2 Å². The van der Waals surface area contributed by atoms with Crippen LogP contribution in [0.25, 0.3) is 0 Å². The molecule has 2 aliphatic rings. The Hall–Kier alpha value is -0.970. The fraction of sp³-hybridized carbons (Fsp3) is 0.692. The van der Waals surface area contributed by atoms with E-state index in [1.165, 1.54) is 0 Å². The third-order valence-corrected chi connectivity index (χ3v) is 4.61. The summed E-state index contributed by atoms with van der Waals surface area (Å²) < 4.78 is 0. The van der Waals surface area contributed by atoms with E-state index in [2.05, 4.69) is 11.9 Å². The molecule has 18 heavy (non-hydrogen) atoms. The maximum Gasteiger partial charge on any atom is 0.243 e. The molecule has 0 radical (unpaired) electrons. The highest BCUT2D eigenvalue weighted by Crippen LogP contribution is 2.30. The highest BCUT2D eigenvalue weighted by Gasteiger charge is 2.37. The Balaban J connectivity index is 1.95. The molecule has 0 aromatic rings. The van der Waals surface area contributed by atoms with E-state index in [1.807, 2.05) is 0 Å². The van der Waals surface area contributed by atoms with E-state index in [9.17, 15) is 9.59 Å². The molecular weight excluding hydrogens is 248 g/mol. The van der Waals surface area contributed by atoms with Gasteiger partial charge in [0.1, 0.15) is 6.04 Å². The molecule has 1 atom stereocenters. The molecule has 4 nitrogen and oxygen atoms in total. The average molecular weight is 268 g/mol. The largest absolute Gasteiger partial charge is 0.351 e. The maximum atomic E-state index is 12.3. The SMILES string of the molecule is C=CCNC(=O)C1CSCN1C(=O)C1CCCC1. The Morgan fingerprint density at radius 3 is 2.78 bits per heavy atom. The van der Waals surface area contributed by atoms with Gasteiger partial charge in [-0.05, 0) is 12.8 Å². The standard InChI is InChI=1S/C13H20N2O2S/c1-2-7-14-12(16)11-8-18-9-15(11)13(17)10-5-3-4-6-10/h2,10-11H,1,3-9H2,(H,14,16). The van der Waals surface area contributed by atoms with Crippen LogP contribution in [0.4, 0.5) is 0 Å². The normalized spacial score (nSPS) is 24.2. The molecule has 1 aliphatic carbocycles. The van der Waals surface area contributed by atoms with Gasteiger partial charge in [0.2, 0.25) is 11.8 Å². The summed E-state index contributed by atoms with van der Waals surface area (Å²) >= 11 is 1.66. The average Bonchev–Trinajstić information content (AvgIpc) is 3.04. The highest BCUT2D eigenvalue weighted by atomic mass is 32.2. The summed E-state index contributed by atoms with van der Waals surface area (Å²) in [5.41, 5.74) is 0. The van der Waals surface area contributed by atoms with Gasteiger partial charge in [-0.2, -0.15) is 0 Å². The van der Waals surface area contributed by atoms with Gasteiger partial charge in [-0.25, -0.2) is 0 Å². The summed E-state index contributed by atoms with van der Waals surface area (Å²) in [5.74, 6) is 1.64. The van der Waals surface area contributed by atoms with Crippen LogP contribution in [0.1, 0.15) is 25.7 Å². The van der Waals surface area contributed by atoms with Crippen LogP contribution in [0, 0.1) is 5.92 Å². The predicted molar refractivity (Wildman–Crippen MR) is 73.1 cm³/mol. The molecule has 1 aliphatic heterocycles. The van der Waals surface area contributed by atoms with Crippen LogP contribution in [-0.4, -0.2) is 40.9 Å². The quantitative estimate of drug-likeness (QED) is 0.784. The first-order valence-corrected chi connectivity index (χ1v) is 7.66. The van der Waals surface area contributed by atoms with Gasteiger partial charge < -0.3 is 10.2 Å². The number of hydrogen-bond acceptors (Lipinski definition) is 3.